The third kappa shape index (κ3) is 3.35. The van der Waals surface area contributed by atoms with Crippen molar-refractivity contribution < 1.29 is 23.9 Å². The van der Waals surface area contributed by atoms with Gasteiger partial charge >= 0.3 is 5.97 Å². The molecule has 2 bridgehead atoms. The first-order chi connectivity index (χ1) is 16.6. The minimum Gasteiger partial charge on any atom is -0.494 e. The normalized spacial score (nSPS) is 30.2. The van der Waals surface area contributed by atoms with E-state index < -0.39 is 5.97 Å². The van der Waals surface area contributed by atoms with Gasteiger partial charge in [0.2, 0.25) is 11.8 Å². The van der Waals surface area contributed by atoms with Crippen LogP contribution in [0.2, 0.25) is 0 Å². The molecule has 6 atom stereocenters. The Kier molecular flexibility index (Phi) is 5.05. The number of ether oxygens (including phenoxy) is 2. The van der Waals surface area contributed by atoms with Crippen LogP contribution in [-0.4, -0.2) is 24.4 Å². The highest BCUT2D eigenvalue weighted by Gasteiger charge is 2.67. The van der Waals surface area contributed by atoms with Crippen molar-refractivity contribution >= 4 is 23.5 Å². The van der Waals surface area contributed by atoms with Crippen molar-refractivity contribution in [2.24, 2.45) is 35.5 Å². The maximum absolute atomic E-state index is 13.3. The number of nitrogens with zero attached hydrogens (tertiary/aromatic N) is 1. The number of carbonyl (C=O) groups excluding carboxylic acids is 3. The lowest BCUT2D eigenvalue weighted by Gasteiger charge is -2.37. The molecule has 5 aliphatic rings. The first-order valence-corrected chi connectivity index (χ1v) is 12.2. The summed E-state index contributed by atoms with van der Waals surface area (Å²) in [6.07, 6.45) is 7.48. The fourth-order valence-corrected chi connectivity index (χ4v) is 6.09. The van der Waals surface area contributed by atoms with E-state index >= 15 is 0 Å². The Morgan fingerprint density at radius 1 is 0.941 bits per heavy atom. The van der Waals surface area contributed by atoms with E-state index in [1.54, 1.807) is 48.5 Å². The minimum absolute atomic E-state index is 0.135. The molecule has 6 nitrogen and oxygen atoms in total. The number of imide groups is 1. The second-order valence-electron chi connectivity index (χ2n) is 9.78. The van der Waals surface area contributed by atoms with E-state index in [0.29, 0.717) is 35.4 Å². The molecule has 7 rings (SSSR count). The van der Waals surface area contributed by atoms with Crippen LogP contribution in [0.3, 0.4) is 0 Å². The fourth-order valence-electron chi connectivity index (χ4n) is 6.09. The largest absolute Gasteiger partial charge is 0.494 e. The van der Waals surface area contributed by atoms with Gasteiger partial charge in [-0.25, -0.2) is 9.69 Å². The van der Waals surface area contributed by atoms with Gasteiger partial charge in [0, 0.05) is 0 Å². The summed E-state index contributed by atoms with van der Waals surface area (Å²) < 4.78 is 11.2. The topological polar surface area (TPSA) is 72.9 Å². The number of benzene rings is 2. The summed E-state index contributed by atoms with van der Waals surface area (Å²) in [5.74, 6) is 1.24. The summed E-state index contributed by atoms with van der Waals surface area (Å²) in [5, 5.41) is 0. The predicted molar refractivity (Wildman–Crippen MR) is 125 cm³/mol. The van der Waals surface area contributed by atoms with Crippen molar-refractivity contribution in [3.8, 4) is 11.5 Å². The van der Waals surface area contributed by atoms with E-state index in [9.17, 15) is 14.4 Å². The van der Waals surface area contributed by atoms with Crippen LogP contribution in [0.15, 0.2) is 60.7 Å². The zero-order valence-electron chi connectivity index (χ0n) is 19.1. The summed E-state index contributed by atoms with van der Waals surface area (Å²) in [6.45, 7) is 2.75. The minimum atomic E-state index is -0.541. The summed E-state index contributed by atoms with van der Waals surface area (Å²) in [6, 6.07) is 13.5. The van der Waals surface area contributed by atoms with Gasteiger partial charge in [-0.15, -0.1) is 0 Å². The second-order valence-corrected chi connectivity index (χ2v) is 9.78. The second kappa shape index (κ2) is 8.12. The van der Waals surface area contributed by atoms with E-state index in [-0.39, 0.29) is 35.5 Å². The molecular formula is C28H27NO5. The van der Waals surface area contributed by atoms with Crippen molar-refractivity contribution in [3.05, 3.63) is 66.2 Å². The van der Waals surface area contributed by atoms with Gasteiger partial charge in [-0.3, -0.25) is 9.59 Å². The van der Waals surface area contributed by atoms with Gasteiger partial charge in [-0.1, -0.05) is 31.6 Å². The molecular weight excluding hydrogens is 430 g/mol. The lowest BCUT2D eigenvalue weighted by atomic mass is 9.63. The monoisotopic (exact) mass is 457 g/mol. The van der Waals surface area contributed by atoms with E-state index in [4.69, 9.17) is 9.47 Å². The van der Waals surface area contributed by atoms with E-state index in [1.165, 1.54) is 4.90 Å². The average molecular weight is 458 g/mol. The van der Waals surface area contributed by atoms with Gasteiger partial charge in [0.15, 0.2) is 0 Å². The van der Waals surface area contributed by atoms with Crippen LogP contribution in [0.4, 0.5) is 5.69 Å². The number of hydrogen-bond donors (Lipinski definition) is 0. The first kappa shape index (κ1) is 21.1. The van der Waals surface area contributed by atoms with Gasteiger partial charge in [0.05, 0.1) is 29.7 Å². The first-order valence-electron chi connectivity index (χ1n) is 12.2. The van der Waals surface area contributed by atoms with Crippen LogP contribution in [0.1, 0.15) is 36.5 Å². The Morgan fingerprint density at radius 2 is 1.59 bits per heavy atom. The van der Waals surface area contributed by atoms with Gasteiger partial charge in [-0.2, -0.15) is 0 Å². The molecule has 0 radical (unpaired) electrons. The lowest BCUT2D eigenvalue weighted by molar-refractivity contribution is -0.124. The maximum Gasteiger partial charge on any atom is 0.343 e. The quantitative estimate of drug-likeness (QED) is 0.199. The number of allylic oxidation sites excluding steroid dienone is 2. The van der Waals surface area contributed by atoms with E-state index in [1.807, 2.05) is 0 Å². The predicted octanol–water partition coefficient (Wildman–Crippen LogP) is 4.64. The molecule has 0 aromatic heterocycles. The van der Waals surface area contributed by atoms with Crippen LogP contribution in [-0.2, 0) is 9.59 Å². The zero-order valence-corrected chi connectivity index (χ0v) is 19.1. The molecule has 2 amide bonds. The number of hydrogen-bond acceptors (Lipinski definition) is 5. The highest BCUT2D eigenvalue weighted by molar-refractivity contribution is 6.23. The number of carbonyl (C=O) groups is 3. The standard InChI is InChI=1S/C28H27NO5/c1-2-3-13-33-18-7-9-19(10-8-18)34-28(32)16-5-4-6-17(14-16)29-26(30)24-20-11-12-21(23-15-22(20)23)25(24)27(29)31/h4-12,14,20-25H,2-3,13,15H2,1H3/t20-,21+,22-,23-,24+,25-/m1/s1. The van der Waals surface area contributed by atoms with Gasteiger partial charge in [0.1, 0.15) is 11.5 Å². The van der Waals surface area contributed by atoms with Crippen LogP contribution >= 0.6 is 0 Å². The highest BCUT2D eigenvalue weighted by Crippen LogP contribution is 2.65. The molecule has 0 spiro atoms. The molecule has 1 heterocycles. The Balaban J connectivity index is 1.17. The molecule has 174 valence electrons. The zero-order chi connectivity index (χ0) is 23.4. The van der Waals surface area contributed by atoms with Crippen LogP contribution in [0.25, 0.3) is 0 Å². The molecule has 34 heavy (non-hydrogen) atoms. The van der Waals surface area contributed by atoms with Crippen molar-refractivity contribution in [1.82, 2.24) is 0 Å². The molecule has 2 saturated carbocycles. The Hall–Kier alpha value is -3.41. The molecule has 6 heteroatoms. The molecule has 3 fully saturated rings. The number of amides is 2. The molecule has 1 saturated heterocycles. The number of rotatable bonds is 7. The Morgan fingerprint density at radius 3 is 2.24 bits per heavy atom. The van der Waals surface area contributed by atoms with Gasteiger partial charge in [0.25, 0.3) is 0 Å². The summed E-state index contributed by atoms with van der Waals surface area (Å²) in [7, 11) is 0. The molecule has 0 N–H and O–H groups in total. The number of unbranched alkanes of at least 4 members (excludes halogenated alkanes) is 1. The number of anilines is 1. The third-order valence-corrected chi connectivity index (χ3v) is 7.80. The van der Waals surface area contributed by atoms with Crippen molar-refractivity contribution in [3.63, 3.8) is 0 Å². The molecule has 2 aromatic carbocycles. The lowest BCUT2D eigenvalue weighted by Crippen LogP contribution is -2.40. The molecule has 2 aromatic rings. The third-order valence-electron chi connectivity index (χ3n) is 7.80. The Labute approximate surface area is 198 Å². The van der Waals surface area contributed by atoms with Gasteiger partial charge in [-0.05, 0) is 79.0 Å². The smallest absolute Gasteiger partial charge is 0.343 e. The van der Waals surface area contributed by atoms with Gasteiger partial charge < -0.3 is 9.47 Å². The summed E-state index contributed by atoms with van der Waals surface area (Å²) in [5.41, 5.74) is 0.729. The molecule has 1 aliphatic heterocycles. The number of esters is 1. The molecule has 0 unspecified atom stereocenters. The highest BCUT2D eigenvalue weighted by atomic mass is 16.5. The SMILES string of the molecule is CCCCOc1ccc(OC(=O)c2cccc(N3C(=O)[C@@H]4[C@H]5C=C[C@H]([C@H]6C[C@H]56)[C@@H]4C3=O)c2)cc1. The average Bonchev–Trinajstić information content (AvgIpc) is 3.63. The fraction of sp³-hybridized carbons (Fsp3) is 0.393. The van der Waals surface area contributed by atoms with E-state index in [0.717, 1.165) is 25.0 Å². The summed E-state index contributed by atoms with van der Waals surface area (Å²) >= 11 is 0. The van der Waals surface area contributed by atoms with Crippen molar-refractivity contribution in [2.75, 3.05) is 11.5 Å². The van der Waals surface area contributed by atoms with Crippen molar-refractivity contribution in [2.45, 2.75) is 26.2 Å². The van der Waals surface area contributed by atoms with Crippen molar-refractivity contribution in [1.29, 1.82) is 0 Å². The van der Waals surface area contributed by atoms with E-state index in [2.05, 4.69) is 19.1 Å². The summed E-state index contributed by atoms with van der Waals surface area (Å²) in [4.78, 5) is 40.8. The molecule has 4 aliphatic carbocycles. The van der Waals surface area contributed by atoms with Crippen LogP contribution < -0.4 is 14.4 Å². The Bertz CT molecular complexity index is 1150. The van der Waals surface area contributed by atoms with Crippen LogP contribution in [0.5, 0.6) is 11.5 Å². The maximum atomic E-state index is 13.3. The van der Waals surface area contributed by atoms with Crippen LogP contribution in [0, 0.1) is 35.5 Å².